The van der Waals surface area contributed by atoms with Gasteiger partial charge in [-0.15, -0.1) is 0 Å². The molecule has 0 saturated heterocycles. The van der Waals surface area contributed by atoms with Crippen LogP contribution in [-0.4, -0.2) is 0 Å². The van der Waals surface area contributed by atoms with Crippen LogP contribution < -0.4 is 19.6 Å². The number of fused-ring (bicyclic) bond motifs is 3. The fourth-order valence-corrected chi connectivity index (χ4v) is 14.5. The van der Waals surface area contributed by atoms with Crippen molar-refractivity contribution in [3.05, 3.63) is 433 Å². The highest BCUT2D eigenvalue weighted by Crippen LogP contribution is 2.45. The molecular formula is C102H82N4. The van der Waals surface area contributed by atoms with Crippen LogP contribution in [0.4, 0.5) is 68.2 Å². The zero-order chi connectivity index (χ0) is 71.6. The highest BCUT2D eigenvalue weighted by molar-refractivity contribution is 6.14. The first-order valence-corrected chi connectivity index (χ1v) is 36.7. The molecule has 510 valence electrons. The number of anilines is 12. The van der Waals surface area contributed by atoms with Crippen molar-refractivity contribution in [3.63, 3.8) is 0 Å². The Morgan fingerprint density at radius 2 is 0.519 bits per heavy atom. The van der Waals surface area contributed by atoms with Crippen molar-refractivity contribution >= 4 is 114 Å². The summed E-state index contributed by atoms with van der Waals surface area (Å²) in [5, 5.41) is 4.91. The van der Waals surface area contributed by atoms with E-state index in [-0.39, 0.29) is 5.41 Å². The first kappa shape index (κ1) is 67.2. The van der Waals surface area contributed by atoms with Gasteiger partial charge < -0.3 is 19.6 Å². The van der Waals surface area contributed by atoms with Crippen LogP contribution in [0.25, 0.3) is 68.1 Å². The lowest BCUT2D eigenvalue weighted by atomic mass is 9.79. The van der Waals surface area contributed by atoms with Crippen molar-refractivity contribution in [1.82, 2.24) is 0 Å². The number of hydrogen-bond donors (Lipinski definition) is 0. The summed E-state index contributed by atoms with van der Waals surface area (Å²) in [6.07, 6.45) is 10.7. The van der Waals surface area contributed by atoms with Crippen LogP contribution in [0.5, 0.6) is 0 Å². The van der Waals surface area contributed by atoms with Crippen LogP contribution in [0, 0.1) is 6.92 Å². The van der Waals surface area contributed by atoms with Gasteiger partial charge in [-0.3, -0.25) is 0 Å². The van der Waals surface area contributed by atoms with Gasteiger partial charge in [-0.1, -0.05) is 299 Å². The van der Waals surface area contributed by atoms with E-state index >= 15 is 0 Å². The summed E-state index contributed by atoms with van der Waals surface area (Å²) < 4.78 is 0. The maximum Gasteiger partial charge on any atom is 0.0546 e. The zero-order valence-electron chi connectivity index (χ0n) is 60.0. The van der Waals surface area contributed by atoms with E-state index in [1.807, 2.05) is 0 Å². The Labute approximate surface area is 624 Å². The van der Waals surface area contributed by atoms with E-state index in [1.165, 1.54) is 60.5 Å². The molecule has 0 heterocycles. The molecule has 0 spiro atoms. The molecule has 4 heteroatoms. The molecular weight excluding hydrogens is 1280 g/mol. The number of benzene rings is 16. The molecule has 0 atom stereocenters. The lowest BCUT2D eigenvalue weighted by Crippen LogP contribution is -2.18. The van der Waals surface area contributed by atoms with Crippen molar-refractivity contribution in [2.45, 2.75) is 39.0 Å². The molecule has 16 aromatic carbocycles. The van der Waals surface area contributed by atoms with Crippen molar-refractivity contribution < 1.29 is 0 Å². The molecule has 0 aromatic heterocycles. The minimum atomic E-state index is -0.0853. The van der Waals surface area contributed by atoms with Gasteiger partial charge in [0, 0.05) is 67.9 Å². The molecule has 0 aliphatic heterocycles. The van der Waals surface area contributed by atoms with Crippen LogP contribution in [-0.2, 0) is 11.8 Å². The Morgan fingerprint density at radius 1 is 0.245 bits per heavy atom. The molecule has 16 rings (SSSR count). The van der Waals surface area contributed by atoms with E-state index in [1.54, 1.807) is 0 Å². The molecule has 0 fully saturated rings. The third-order valence-corrected chi connectivity index (χ3v) is 20.5. The summed E-state index contributed by atoms with van der Waals surface area (Å²) in [5.74, 6) is 0. The van der Waals surface area contributed by atoms with Crippen LogP contribution in [0.15, 0.2) is 394 Å². The molecule has 0 unspecified atom stereocenters. The predicted octanol–water partition coefficient (Wildman–Crippen LogP) is 28.8. The lowest BCUT2D eigenvalue weighted by Gasteiger charge is -2.29. The van der Waals surface area contributed by atoms with Crippen molar-refractivity contribution in [2.75, 3.05) is 19.6 Å². The second kappa shape index (κ2) is 30.7. The average molecular weight is 1360 g/mol. The fraction of sp³-hybridized carbons (Fsp3) is 0.0588. The normalized spacial score (nSPS) is 11.5. The molecule has 0 saturated carbocycles. The van der Waals surface area contributed by atoms with E-state index in [2.05, 4.69) is 459 Å². The standard InChI is InChI=1S/C102H82N4/c1-75-32-58-91(59-33-75)105(92-60-42-78(43-61-92)36-34-76-38-48-81(49-39-76)83-52-66-93(67-53-83)103(87-21-8-4-9-22-87)88-23-10-5-11-24-88)95-70-56-86(57-71-95)102(2,3)73-72-80-46-64-97(65-47-80)106(101-74-85-20-16-17-29-98(85)99-30-18-19-31-100(99)101)96-62-44-79(45-63-96)37-35-77-40-50-82(51-41-77)84-54-68-94(69-55-84)104(89-25-12-6-13-26-89)90-27-14-7-15-28-90/h4-71,74H,72-73H2,1-3H3. The Morgan fingerprint density at radius 3 is 0.906 bits per heavy atom. The lowest BCUT2D eigenvalue weighted by molar-refractivity contribution is 0.480. The van der Waals surface area contributed by atoms with Crippen LogP contribution in [0.1, 0.15) is 59.2 Å². The second-order valence-electron chi connectivity index (χ2n) is 28.0. The van der Waals surface area contributed by atoms with Gasteiger partial charge in [-0.05, 0) is 237 Å². The predicted molar refractivity (Wildman–Crippen MR) is 454 cm³/mol. The van der Waals surface area contributed by atoms with E-state index in [0.717, 1.165) is 103 Å². The zero-order valence-corrected chi connectivity index (χ0v) is 60.0. The van der Waals surface area contributed by atoms with Gasteiger partial charge >= 0.3 is 0 Å². The minimum absolute atomic E-state index is 0.0853. The SMILES string of the molecule is Cc1ccc(N(c2ccc(C=Cc3ccc(-c4ccc(N(c5ccccc5)c5ccccc5)cc4)cc3)cc2)c2ccc(C(C)(C)CCc3ccc(N(c4ccc(C=Cc5ccc(-c6ccc(N(c7ccccc7)c7ccccc7)cc6)cc5)cc4)c4cc5ccccc5c5ccccc45)cc3)cc2)cc1. The van der Waals surface area contributed by atoms with E-state index in [0.29, 0.717) is 0 Å². The monoisotopic (exact) mass is 1360 g/mol. The number of nitrogens with zero attached hydrogens (tertiary/aromatic N) is 4. The topological polar surface area (TPSA) is 13.0 Å². The number of para-hydroxylation sites is 4. The highest BCUT2D eigenvalue weighted by Gasteiger charge is 2.24. The smallest absolute Gasteiger partial charge is 0.0546 e. The molecule has 0 N–H and O–H groups in total. The summed E-state index contributed by atoms with van der Waals surface area (Å²) in [6, 6.07) is 143. The van der Waals surface area contributed by atoms with Gasteiger partial charge in [0.25, 0.3) is 0 Å². The Kier molecular flexibility index (Phi) is 19.5. The molecule has 0 aliphatic carbocycles. The third-order valence-electron chi connectivity index (χ3n) is 20.5. The summed E-state index contributed by atoms with van der Waals surface area (Å²) >= 11 is 0. The van der Waals surface area contributed by atoms with Gasteiger partial charge in [0.05, 0.1) is 5.69 Å². The van der Waals surface area contributed by atoms with E-state index in [4.69, 9.17) is 0 Å². The van der Waals surface area contributed by atoms with Gasteiger partial charge in [-0.2, -0.15) is 0 Å². The fourth-order valence-electron chi connectivity index (χ4n) is 14.5. The number of hydrogen-bond acceptors (Lipinski definition) is 4. The molecule has 4 nitrogen and oxygen atoms in total. The quantitative estimate of drug-likeness (QED) is 0.0495. The molecule has 0 amide bonds. The van der Waals surface area contributed by atoms with Crippen molar-refractivity contribution in [3.8, 4) is 22.3 Å². The van der Waals surface area contributed by atoms with Gasteiger partial charge in [0.15, 0.2) is 0 Å². The van der Waals surface area contributed by atoms with Gasteiger partial charge in [-0.25, -0.2) is 0 Å². The van der Waals surface area contributed by atoms with Crippen molar-refractivity contribution in [1.29, 1.82) is 0 Å². The molecule has 0 radical (unpaired) electrons. The number of aryl methyl sites for hydroxylation is 2. The summed E-state index contributed by atoms with van der Waals surface area (Å²) in [7, 11) is 0. The van der Waals surface area contributed by atoms with Crippen LogP contribution >= 0.6 is 0 Å². The number of rotatable bonds is 22. The summed E-state index contributed by atoms with van der Waals surface area (Å²) in [4.78, 5) is 9.38. The Bertz CT molecular complexity index is 5570. The molecule has 106 heavy (non-hydrogen) atoms. The average Bonchev–Trinajstić information content (AvgIpc) is 0.759. The molecule has 16 aromatic rings. The van der Waals surface area contributed by atoms with Gasteiger partial charge in [0.1, 0.15) is 0 Å². The molecule has 0 aliphatic rings. The Balaban J connectivity index is 0.590. The first-order valence-electron chi connectivity index (χ1n) is 36.7. The van der Waals surface area contributed by atoms with E-state index < -0.39 is 0 Å². The summed E-state index contributed by atoms with van der Waals surface area (Å²) in [6.45, 7) is 6.91. The second-order valence-corrected chi connectivity index (χ2v) is 28.0. The minimum Gasteiger partial charge on any atom is -0.311 e. The summed E-state index contributed by atoms with van der Waals surface area (Å²) in [5.41, 5.74) is 26.5. The maximum atomic E-state index is 2.43. The van der Waals surface area contributed by atoms with Gasteiger partial charge in [0.2, 0.25) is 0 Å². The largest absolute Gasteiger partial charge is 0.311 e. The van der Waals surface area contributed by atoms with E-state index in [9.17, 15) is 0 Å². The first-order chi connectivity index (χ1) is 52.2. The highest BCUT2D eigenvalue weighted by atomic mass is 15.2. The Hall–Kier alpha value is -13.3. The van der Waals surface area contributed by atoms with Crippen LogP contribution in [0.2, 0.25) is 0 Å². The van der Waals surface area contributed by atoms with Crippen molar-refractivity contribution in [2.24, 2.45) is 0 Å². The molecule has 0 bridgehead atoms. The third kappa shape index (κ3) is 15.0. The van der Waals surface area contributed by atoms with Crippen LogP contribution in [0.3, 0.4) is 0 Å². The maximum absolute atomic E-state index is 2.43.